The molecule has 1 heterocycles. The maximum Gasteiger partial charge on any atom is 0.387 e. The highest BCUT2D eigenvalue weighted by Crippen LogP contribution is 2.31. The van der Waals surface area contributed by atoms with Gasteiger partial charge in [0.15, 0.2) is 23.0 Å². The summed E-state index contributed by atoms with van der Waals surface area (Å²) in [5, 5.41) is 2.78. The first-order valence-corrected chi connectivity index (χ1v) is 8.36. The number of hydrogen-bond donors (Lipinski definition) is 1. The Bertz CT molecular complexity index is 813. The van der Waals surface area contributed by atoms with Crippen LogP contribution in [0.2, 0.25) is 0 Å². The number of carbonyl (C=O) groups excluding carboxylic acids is 1. The Balaban J connectivity index is 1.57. The Morgan fingerprint density at radius 1 is 1.11 bits per heavy atom. The fourth-order valence-corrected chi connectivity index (χ4v) is 2.67. The summed E-state index contributed by atoms with van der Waals surface area (Å²) < 4.78 is 45.1. The van der Waals surface area contributed by atoms with E-state index in [9.17, 15) is 13.6 Å². The summed E-state index contributed by atoms with van der Waals surface area (Å²) in [5.41, 5.74) is 1.29. The minimum atomic E-state index is -2.97. The Hall–Kier alpha value is -3.03. The summed E-state index contributed by atoms with van der Waals surface area (Å²) in [7, 11) is 1.32. The van der Waals surface area contributed by atoms with Crippen LogP contribution in [-0.2, 0) is 6.42 Å². The highest BCUT2D eigenvalue weighted by atomic mass is 19.3. The van der Waals surface area contributed by atoms with Crippen molar-refractivity contribution in [3.05, 3.63) is 47.5 Å². The van der Waals surface area contributed by atoms with Crippen LogP contribution in [0.25, 0.3) is 0 Å². The number of alkyl halides is 2. The third-order valence-corrected chi connectivity index (χ3v) is 3.95. The molecule has 144 valence electrons. The number of amides is 1. The summed E-state index contributed by atoms with van der Waals surface area (Å²) in [6.07, 6.45) is 0.603. The number of ether oxygens (including phenoxy) is 4. The van der Waals surface area contributed by atoms with E-state index in [0.29, 0.717) is 37.7 Å². The lowest BCUT2D eigenvalue weighted by Gasteiger charge is -2.18. The summed E-state index contributed by atoms with van der Waals surface area (Å²) in [6, 6.07) is 9.69. The van der Waals surface area contributed by atoms with Gasteiger partial charge in [-0.1, -0.05) is 6.07 Å². The quantitative estimate of drug-likeness (QED) is 0.801. The van der Waals surface area contributed by atoms with Gasteiger partial charge >= 0.3 is 6.61 Å². The largest absolute Gasteiger partial charge is 0.493 e. The molecule has 0 bridgehead atoms. The van der Waals surface area contributed by atoms with Crippen LogP contribution in [-0.4, -0.2) is 39.4 Å². The van der Waals surface area contributed by atoms with Crippen molar-refractivity contribution in [3.63, 3.8) is 0 Å². The van der Waals surface area contributed by atoms with Gasteiger partial charge in [-0.25, -0.2) is 0 Å². The molecule has 0 unspecified atom stereocenters. The van der Waals surface area contributed by atoms with Gasteiger partial charge in [0.2, 0.25) is 0 Å². The number of methoxy groups -OCH3 is 1. The molecule has 1 N–H and O–H groups in total. The summed E-state index contributed by atoms with van der Waals surface area (Å²) in [5.74, 6) is 1.02. The first-order chi connectivity index (χ1) is 13.1. The monoisotopic (exact) mass is 379 g/mol. The minimum Gasteiger partial charge on any atom is -0.493 e. The van der Waals surface area contributed by atoms with E-state index in [-0.39, 0.29) is 23.0 Å². The zero-order valence-electron chi connectivity index (χ0n) is 14.7. The molecular weight excluding hydrogens is 360 g/mol. The first-order valence-electron chi connectivity index (χ1n) is 8.36. The lowest BCUT2D eigenvalue weighted by Crippen LogP contribution is -2.25. The molecule has 0 aliphatic carbocycles. The van der Waals surface area contributed by atoms with Gasteiger partial charge < -0.3 is 24.3 Å². The van der Waals surface area contributed by atoms with Gasteiger partial charge in [0.05, 0.1) is 7.11 Å². The molecular formula is C19H19F2NO5. The minimum absolute atomic E-state index is 0.0646. The van der Waals surface area contributed by atoms with Crippen molar-refractivity contribution in [1.29, 1.82) is 0 Å². The van der Waals surface area contributed by atoms with E-state index in [4.69, 9.17) is 14.2 Å². The van der Waals surface area contributed by atoms with Crippen LogP contribution in [0.3, 0.4) is 0 Å². The second-order valence-corrected chi connectivity index (χ2v) is 5.73. The zero-order chi connectivity index (χ0) is 19.2. The Kier molecular flexibility index (Phi) is 5.95. The molecule has 3 rings (SSSR count). The van der Waals surface area contributed by atoms with Crippen LogP contribution < -0.4 is 24.3 Å². The smallest absolute Gasteiger partial charge is 0.387 e. The maximum absolute atomic E-state index is 12.4. The second kappa shape index (κ2) is 8.57. The number of carbonyl (C=O) groups is 1. The Morgan fingerprint density at radius 2 is 1.89 bits per heavy atom. The molecule has 27 heavy (non-hydrogen) atoms. The lowest BCUT2D eigenvalue weighted by atomic mass is 10.1. The van der Waals surface area contributed by atoms with E-state index in [0.717, 1.165) is 5.56 Å². The summed E-state index contributed by atoms with van der Waals surface area (Å²) in [6.45, 7) is -1.52. The second-order valence-electron chi connectivity index (χ2n) is 5.73. The predicted octanol–water partition coefficient (Wildman–Crippen LogP) is 3.04. The van der Waals surface area contributed by atoms with E-state index >= 15 is 0 Å². The van der Waals surface area contributed by atoms with Crippen molar-refractivity contribution in [2.75, 3.05) is 26.9 Å². The van der Waals surface area contributed by atoms with Crippen molar-refractivity contribution >= 4 is 5.91 Å². The van der Waals surface area contributed by atoms with Crippen LogP contribution in [0.4, 0.5) is 8.78 Å². The highest BCUT2D eigenvalue weighted by molar-refractivity contribution is 5.94. The van der Waals surface area contributed by atoms with E-state index in [1.807, 2.05) is 18.2 Å². The topological polar surface area (TPSA) is 66.0 Å². The molecule has 8 heteroatoms. The average molecular weight is 379 g/mol. The number of nitrogens with one attached hydrogen (secondary N) is 1. The SMILES string of the molecule is COc1cc(C(=O)NCCc2ccc3c(c2)OCCO3)ccc1OC(F)F. The maximum atomic E-state index is 12.4. The van der Waals surface area contributed by atoms with Crippen LogP contribution in [0.1, 0.15) is 15.9 Å². The van der Waals surface area contributed by atoms with Crippen LogP contribution in [0.15, 0.2) is 36.4 Å². The molecule has 6 nitrogen and oxygen atoms in total. The Morgan fingerprint density at radius 3 is 2.63 bits per heavy atom. The third kappa shape index (κ3) is 4.78. The molecule has 0 saturated heterocycles. The van der Waals surface area contributed by atoms with Crippen molar-refractivity contribution in [1.82, 2.24) is 5.32 Å². The van der Waals surface area contributed by atoms with Crippen LogP contribution in [0, 0.1) is 0 Å². The molecule has 1 amide bonds. The van der Waals surface area contributed by atoms with Gasteiger partial charge in [-0.3, -0.25) is 4.79 Å². The van der Waals surface area contributed by atoms with Gasteiger partial charge in [-0.15, -0.1) is 0 Å². The van der Waals surface area contributed by atoms with Gasteiger partial charge in [0, 0.05) is 12.1 Å². The normalized spacial score (nSPS) is 12.6. The van der Waals surface area contributed by atoms with Crippen molar-refractivity contribution < 1.29 is 32.5 Å². The van der Waals surface area contributed by atoms with Crippen molar-refractivity contribution in [2.24, 2.45) is 0 Å². The van der Waals surface area contributed by atoms with Gasteiger partial charge in [0.25, 0.3) is 5.91 Å². The van der Waals surface area contributed by atoms with Gasteiger partial charge in [0.1, 0.15) is 13.2 Å². The van der Waals surface area contributed by atoms with E-state index in [1.54, 1.807) is 0 Å². The molecule has 0 atom stereocenters. The van der Waals surface area contributed by atoms with Gasteiger partial charge in [-0.2, -0.15) is 8.78 Å². The number of hydrogen-bond acceptors (Lipinski definition) is 5. The van der Waals surface area contributed by atoms with E-state index in [2.05, 4.69) is 10.1 Å². The summed E-state index contributed by atoms with van der Waals surface area (Å²) >= 11 is 0. The average Bonchev–Trinajstić information content (AvgIpc) is 2.67. The molecule has 1 aliphatic rings. The molecule has 0 spiro atoms. The molecule has 2 aromatic rings. The molecule has 1 aliphatic heterocycles. The van der Waals surface area contributed by atoms with Crippen molar-refractivity contribution in [3.8, 4) is 23.0 Å². The fourth-order valence-electron chi connectivity index (χ4n) is 2.67. The van der Waals surface area contributed by atoms with Crippen LogP contribution >= 0.6 is 0 Å². The predicted molar refractivity (Wildman–Crippen MR) is 93.1 cm³/mol. The standard InChI is InChI=1S/C19H19F2NO5/c1-24-16-11-13(3-5-15(16)27-19(20)21)18(23)22-7-6-12-2-4-14-17(10-12)26-9-8-25-14/h2-5,10-11,19H,6-9H2,1H3,(H,22,23). The van der Waals surface area contributed by atoms with E-state index < -0.39 is 6.61 Å². The Labute approximate surface area is 155 Å². The summed E-state index contributed by atoms with van der Waals surface area (Å²) in [4.78, 5) is 12.3. The number of benzene rings is 2. The first kappa shape index (κ1) is 18.8. The third-order valence-electron chi connectivity index (χ3n) is 3.95. The molecule has 2 aromatic carbocycles. The molecule has 0 fully saturated rings. The lowest BCUT2D eigenvalue weighted by molar-refractivity contribution is -0.0512. The fraction of sp³-hybridized carbons (Fsp3) is 0.316. The van der Waals surface area contributed by atoms with Crippen LogP contribution in [0.5, 0.6) is 23.0 Å². The number of fused-ring (bicyclic) bond motifs is 1. The molecule has 0 saturated carbocycles. The molecule has 0 radical (unpaired) electrons. The number of rotatable bonds is 7. The zero-order valence-corrected chi connectivity index (χ0v) is 14.7. The van der Waals surface area contributed by atoms with Gasteiger partial charge in [-0.05, 0) is 42.3 Å². The van der Waals surface area contributed by atoms with Crippen molar-refractivity contribution in [2.45, 2.75) is 13.0 Å². The van der Waals surface area contributed by atoms with E-state index in [1.165, 1.54) is 25.3 Å². The molecule has 0 aromatic heterocycles. The number of halogens is 2. The highest BCUT2D eigenvalue weighted by Gasteiger charge is 2.15.